The van der Waals surface area contributed by atoms with Gasteiger partial charge < -0.3 is 14.2 Å². The summed E-state index contributed by atoms with van der Waals surface area (Å²) in [5.41, 5.74) is 1.92. The van der Waals surface area contributed by atoms with E-state index in [9.17, 15) is 4.79 Å². The second-order valence-corrected chi connectivity index (χ2v) is 5.08. The van der Waals surface area contributed by atoms with Crippen molar-refractivity contribution >= 4 is 6.16 Å². The van der Waals surface area contributed by atoms with E-state index < -0.39 is 18.4 Å². The molecule has 4 nitrogen and oxygen atoms in total. The number of ether oxygens (including phenoxy) is 3. The summed E-state index contributed by atoms with van der Waals surface area (Å²) in [5.74, 6) is 5.91. The Morgan fingerprint density at radius 2 is 1.65 bits per heavy atom. The Balaban J connectivity index is 1.57. The van der Waals surface area contributed by atoms with E-state index in [2.05, 4.69) is 11.8 Å². The molecule has 4 heteroatoms. The van der Waals surface area contributed by atoms with Gasteiger partial charge in [0, 0.05) is 5.56 Å². The maximum Gasteiger partial charge on any atom is 0.510 e. The third kappa shape index (κ3) is 4.35. The molecule has 2 aromatic carbocycles. The molecule has 0 radical (unpaired) electrons. The van der Waals surface area contributed by atoms with E-state index in [1.165, 1.54) is 0 Å². The second kappa shape index (κ2) is 7.48. The molecule has 3 rings (SSSR count). The van der Waals surface area contributed by atoms with Crippen LogP contribution in [0.5, 0.6) is 0 Å². The van der Waals surface area contributed by atoms with Crippen LogP contribution in [0.25, 0.3) is 0 Å². The van der Waals surface area contributed by atoms with Gasteiger partial charge in [0.25, 0.3) is 0 Å². The number of carbonyl (C=O) groups is 1. The Bertz CT molecular complexity index is 700. The van der Waals surface area contributed by atoms with E-state index in [1.807, 2.05) is 60.7 Å². The number of hydrogen-bond acceptors (Lipinski definition) is 4. The molecule has 1 aliphatic heterocycles. The van der Waals surface area contributed by atoms with Gasteiger partial charge in [-0.1, -0.05) is 54.5 Å². The summed E-state index contributed by atoms with van der Waals surface area (Å²) < 4.78 is 15.8. The zero-order valence-corrected chi connectivity index (χ0v) is 12.5. The highest BCUT2D eigenvalue weighted by atomic mass is 16.8. The first kappa shape index (κ1) is 15.1. The monoisotopic (exact) mass is 308 g/mol. The van der Waals surface area contributed by atoms with Crippen molar-refractivity contribution in [3.63, 3.8) is 0 Å². The lowest BCUT2D eigenvalue weighted by atomic mass is 10.2. The number of benzene rings is 2. The Labute approximate surface area is 135 Å². The van der Waals surface area contributed by atoms with Crippen LogP contribution < -0.4 is 0 Å². The summed E-state index contributed by atoms with van der Waals surface area (Å²) >= 11 is 0. The lowest BCUT2D eigenvalue weighted by molar-refractivity contribution is 0.0316. The molecule has 0 aliphatic carbocycles. The molecule has 1 aliphatic rings. The first-order valence-corrected chi connectivity index (χ1v) is 7.37. The average molecular weight is 308 g/mol. The van der Waals surface area contributed by atoms with Gasteiger partial charge in [0.15, 0.2) is 6.10 Å². The van der Waals surface area contributed by atoms with Crippen LogP contribution in [0.4, 0.5) is 4.79 Å². The van der Waals surface area contributed by atoms with Crippen molar-refractivity contribution in [2.75, 3.05) is 6.61 Å². The molecule has 0 aromatic heterocycles. The quantitative estimate of drug-likeness (QED) is 0.643. The van der Waals surface area contributed by atoms with Crippen LogP contribution in [0.2, 0.25) is 0 Å². The summed E-state index contributed by atoms with van der Waals surface area (Å²) in [7, 11) is 0. The summed E-state index contributed by atoms with van der Waals surface area (Å²) in [6.45, 7) is 0.697. The average Bonchev–Trinajstić information content (AvgIpc) is 2.95. The van der Waals surface area contributed by atoms with Crippen molar-refractivity contribution in [3.05, 3.63) is 71.8 Å². The minimum Gasteiger partial charge on any atom is -0.423 e. The van der Waals surface area contributed by atoms with E-state index in [4.69, 9.17) is 14.2 Å². The third-order valence-corrected chi connectivity index (χ3v) is 3.33. The first-order valence-electron chi connectivity index (χ1n) is 7.37. The topological polar surface area (TPSA) is 44.8 Å². The maximum atomic E-state index is 11.3. The molecular formula is C19H16O4. The van der Waals surface area contributed by atoms with Crippen molar-refractivity contribution in [1.82, 2.24) is 0 Å². The standard InChI is InChI=1S/C19H16O4/c20-19-22-17(12-11-15-7-3-1-4-8-15)18(23-19)14-21-13-16-9-5-2-6-10-16/h1-10,17-18H,13-14H2/t17-,18-/m0/s1. The molecule has 1 heterocycles. The van der Waals surface area contributed by atoms with Gasteiger partial charge in [0.2, 0.25) is 6.10 Å². The molecule has 1 saturated heterocycles. The van der Waals surface area contributed by atoms with Gasteiger partial charge in [-0.3, -0.25) is 0 Å². The van der Waals surface area contributed by atoms with Gasteiger partial charge >= 0.3 is 6.16 Å². The summed E-state index contributed by atoms with van der Waals surface area (Å²) in [5, 5.41) is 0. The first-order chi connectivity index (χ1) is 11.3. The fourth-order valence-electron chi connectivity index (χ4n) is 2.18. The molecule has 0 amide bonds. The summed E-state index contributed by atoms with van der Waals surface area (Å²) in [6.07, 6.45) is -1.83. The van der Waals surface area contributed by atoms with Gasteiger partial charge in [0.05, 0.1) is 13.2 Å². The molecule has 0 unspecified atom stereocenters. The number of carbonyl (C=O) groups excluding carboxylic acids is 1. The Kier molecular flexibility index (Phi) is 4.92. The predicted molar refractivity (Wildman–Crippen MR) is 84.6 cm³/mol. The van der Waals surface area contributed by atoms with Gasteiger partial charge in [-0.15, -0.1) is 0 Å². The zero-order chi connectivity index (χ0) is 15.9. The molecule has 0 spiro atoms. The van der Waals surface area contributed by atoms with E-state index in [1.54, 1.807) is 0 Å². The normalized spacial score (nSPS) is 19.4. The Hall–Kier alpha value is -2.77. The molecular weight excluding hydrogens is 292 g/mol. The highest BCUT2D eigenvalue weighted by Crippen LogP contribution is 2.16. The lowest BCUT2D eigenvalue weighted by Crippen LogP contribution is -2.26. The second-order valence-electron chi connectivity index (χ2n) is 5.08. The van der Waals surface area contributed by atoms with Crippen molar-refractivity contribution in [1.29, 1.82) is 0 Å². The van der Waals surface area contributed by atoms with Gasteiger partial charge in [0.1, 0.15) is 0 Å². The van der Waals surface area contributed by atoms with Gasteiger partial charge in [-0.2, -0.15) is 0 Å². The van der Waals surface area contributed by atoms with Crippen molar-refractivity contribution < 1.29 is 19.0 Å². The Morgan fingerprint density at radius 3 is 2.39 bits per heavy atom. The zero-order valence-electron chi connectivity index (χ0n) is 12.5. The molecule has 2 atom stereocenters. The lowest BCUT2D eigenvalue weighted by Gasteiger charge is -2.11. The Morgan fingerprint density at radius 1 is 0.957 bits per heavy atom. The largest absolute Gasteiger partial charge is 0.510 e. The highest BCUT2D eigenvalue weighted by molar-refractivity contribution is 5.63. The van der Waals surface area contributed by atoms with E-state index >= 15 is 0 Å². The molecule has 0 bridgehead atoms. The van der Waals surface area contributed by atoms with E-state index in [0.29, 0.717) is 6.61 Å². The summed E-state index contributed by atoms with van der Waals surface area (Å²) in [4.78, 5) is 11.3. The van der Waals surface area contributed by atoms with E-state index in [0.717, 1.165) is 11.1 Å². The van der Waals surface area contributed by atoms with Crippen LogP contribution in [0.1, 0.15) is 11.1 Å². The minimum atomic E-state index is -0.703. The molecule has 0 N–H and O–H groups in total. The molecule has 23 heavy (non-hydrogen) atoms. The van der Waals surface area contributed by atoms with Crippen molar-refractivity contribution in [2.24, 2.45) is 0 Å². The van der Waals surface area contributed by atoms with Crippen LogP contribution in [-0.2, 0) is 20.8 Å². The van der Waals surface area contributed by atoms with Crippen molar-refractivity contribution in [2.45, 2.75) is 18.8 Å². The molecule has 0 saturated carbocycles. The van der Waals surface area contributed by atoms with Gasteiger partial charge in [-0.05, 0) is 23.6 Å². The van der Waals surface area contributed by atoms with Crippen LogP contribution in [0.3, 0.4) is 0 Å². The SMILES string of the molecule is O=C1O[C@@H](C#Cc2ccccc2)[C@H](COCc2ccccc2)O1. The molecule has 1 fully saturated rings. The van der Waals surface area contributed by atoms with Crippen molar-refractivity contribution in [3.8, 4) is 11.8 Å². The molecule has 116 valence electrons. The fourth-order valence-corrected chi connectivity index (χ4v) is 2.18. The highest BCUT2D eigenvalue weighted by Gasteiger charge is 2.35. The maximum absolute atomic E-state index is 11.3. The fraction of sp³-hybridized carbons (Fsp3) is 0.211. The smallest absolute Gasteiger partial charge is 0.423 e. The van der Waals surface area contributed by atoms with E-state index in [-0.39, 0.29) is 6.61 Å². The summed E-state index contributed by atoms with van der Waals surface area (Å²) in [6, 6.07) is 19.3. The third-order valence-electron chi connectivity index (χ3n) is 3.33. The van der Waals surface area contributed by atoms with Crippen LogP contribution in [0.15, 0.2) is 60.7 Å². The number of rotatable bonds is 4. The number of hydrogen-bond donors (Lipinski definition) is 0. The predicted octanol–water partition coefficient (Wildman–Crippen LogP) is 3.16. The van der Waals surface area contributed by atoms with Crippen LogP contribution in [-0.4, -0.2) is 25.0 Å². The van der Waals surface area contributed by atoms with Gasteiger partial charge in [-0.25, -0.2) is 4.79 Å². The minimum absolute atomic E-state index is 0.245. The van der Waals surface area contributed by atoms with Crippen LogP contribution >= 0.6 is 0 Å². The molecule has 2 aromatic rings. The van der Waals surface area contributed by atoms with Crippen LogP contribution in [0, 0.1) is 11.8 Å². The number of cyclic esters (lactones) is 2.